The zero-order valence-corrected chi connectivity index (χ0v) is 19.7. The van der Waals surface area contributed by atoms with Gasteiger partial charge in [-0.2, -0.15) is 9.78 Å². The molecule has 1 atom stereocenters. The van der Waals surface area contributed by atoms with E-state index >= 15 is 0 Å². The third kappa shape index (κ3) is 3.95. The largest absolute Gasteiger partial charge is 0.213 e. The van der Waals surface area contributed by atoms with Gasteiger partial charge >= 0.3 is 0 Å². The molecule has 0 spiro atoms. The molecular formula is C25H30N4S. The van der Waals surface area contributed by atoms with Gasteiger partial charge in [0.05, 0.1) is 11.0 Å². The summed E-state index contributed by atoms with van der Waals surface area (Å²) in [6.45, 7) is 15.6. The normalized spacial score (nSPS) is 16.9. The summed E-state index contributed by atoms with van der Waals surface area (Å²) in [5.41, 5.74) is 6.13. The van der Waals surface area contributed by atoms with E-state index in [1.54, 1.807) is 11.8 Å². The first-order chi connectivity index (χ1) is 14.0. The van der Waals surface area contributed by atoms with Crippen LogP contribution in [0.4, 0.5) is 0 Å². The minimum Gasteiger partial charge on any atom is -0.187 e. The second-order valence-electron chi connectivity index (χ2n) is 10.0. The van der Waals surface area contributed by atoms with E-state index in [1.165, 1.54) is 11.1 Å². The van der Waals surface area contributed by atoms with Crippen LogP contribution >= 0.6 is 11.8 Å². The number of hydrogen-bond acceptors (Lipinski definition) is 4. The topological polar surface area (TPSA) is 43.1 Å². The van der Waals surface area contributed by atoms with Crippen molar-refractivity contribution < 1.29 is 0 Å². The highest BCUT2D eigenvalue weighted by molar-refractivity contribution is 8.00. The van der Waals surface area contributed by atoms with Crippen LogP contribution in [-0.4, -0.2) is 25.8 Å². The maximum Gasteiger partial charge on any atom is 0.213 e. The Morgan fingerprint density at radius 3 is 1.73 bits per heavy atom. The Kier molecular flexibility index (Phi) is 5.13. The number of thioether (sulfide) groups is 1. The third-order valence-corrected chi connectivity index (χ3v) is 6.59. The summed E-state index contributed by atoms with van der Waals surface area (Å²) in [4.78, 5) is 0. The van der Waals surface area contributed by atoms with Gasteiger partial charge in [0, 0.05) is 5.56 Å². The molecule has 0 radical (unpaired) electrons. The fraction of sp³-hybridized carbons (Fsp3) is 0.400. The monoisotopic (exact) mass is 418 g/mol. The van der Waals surface area contributed by atoms with Gasteiger partial charge < -0.3 is 0 Å². The lowest BCUT2D eigenvalue weighted by Crippen LogP contribution is -2.22. The first-order valence-corrected chi connectivity index (χ1v) is 11.3. The molecule has 30 heavy (non-hydrogen) atoms. The lowest BCUT2D eigenvalue weighted by atomic mass is 9.86. The second kappa shape index (κ2) is 7.38. The fourth-order valence-corrected chi connectivity index (χ4v) is 4.49. The number of rotatable bonds is 2. The van der Waals surface area contributed by atoms with Gasteiger partial charge in [0.25, 0.3) is 0 Å². The van der Waals surface area contributed by atoms with Crippen LogP contribution in [0, 0.1) is 0 Å². The van der Waals surface area contributed by atoms with E-state index < -0.39 is 0 Å². The number of benzene rings is 2. The highest BCUT2D eigenvalue weighted by Crippen LogP contribution is 2.34. The van der Waals surface area contributed by atoms with E-state index in [0.717, 1.165) is 27.8 Å². The molecule has 2 heterocycles. The van der Waals surface area contributed by atoms with Crippen molar-refractivity contribution in [1.82, 2.24) is 14.9 Å². The lowest BCUT2D eigenvalue weighted by molar-refractivity contribution is 0.590. The van der Waals surface area contributed by atoms with E-state index in [-0.39, 0.29) is 16.1 Å². The highest BCUT2D eigenvalue weighted by Gasteiger charge is 2.27. The van der Waals surface area contributed by atoms with Gasteiger partial charge in [-0.1, -0.05) is 102 Å². The van der Waals surface area contributed by atoms with Crippen molar-refractivity contribution in [2.45, 2.75) is 69.7 Å². The molecule has 0 N–H and O–H groups in total. The van der Waals surface area contributed by atoms with Crippen molar-refractivity contribution in [2.24, 2.45) is 5.10 Å². The summed E-state index contributed by atoms with van der Waals surface area (Å²) >= 11 is 1.71. The molecule has 0 aliphatic carbocycles. The lowest BCUT2D eigenvalue weighted by Gasteiger charge is -2.22. The maximum atomic E-state index is 4.98. The van der Waals surface area contributed by atoms with Crippen molar-refractivity contribution >= 4 is 17.5 Å². The Hall–Kier alpha value is -2.40. The predicted molar refractivity (Wildman–Crippen MR) is 127 cm³/mol. The molecule has 0 unspecified atom stereocenters. The molecule has 4 rings (SSSR count). The van der Waals surface area contributed by atoms with E-state index in [1.807, 2.05) is 4.68 Å². The third-order valence-electron chi connectivity index (χ3n) is 5.54. The molecule has 3 aromatic rings. The Balaban J connectivity index is 1.72. The summed E-state index contributed by atoms with van der Waals surface area (Å²) in [6, 6.07) is 17.4. The van der Waals surface area contributed by atoms with Crippen LogP contribution < -0.4 is 0 Å². The van der Waals surface area contributed by atoms with Gasteiger partial charge in [-0.3, -0.25) is 0 Å². The molecule has 5 heteroatoms. The zero-order valence-electron chi connectivity index (χ0n) is 18.9. The van der Waals surface area contributed by atoms with Crippen LogP contribution in [0.15, 0.2) is 58.8 Å². The van der Waals surface area contributed by atoms with Gasteiger partial charge in [-0.15, -0.1) is 10.2 Å². The molecule has 0 saturated carbocycles. The zero-order chi connectivity index (χ0) is 21.7. The first kappa shape index (κ1) is 20.9. The SMILES string of the molecule is C[C@@H]1Sc2nnc(-c3ccc(C(C)(C)C)cc3)n2N=C1c1ccc(C(C)(C)C)cc1. The quantitative estimate of drug-likeness (QED) is 0.491. The molecular weight excluding hydrogens is 388 g/mol. The van der Waals surface area contributed by atoms with Crippen LogP contribution in [-0.2, 0) is 10.8 Å². The number of aromatic nitrogens is 3. The molecule has 0 bridgehead atoms. The molecule has 0 saturated heterocycles. The summed E-state index contributed by atoms with van der Waals surface area (Å²) in [7, 11) is 0. The van der Waals surface area contributed by atoms with Crippen molar-refractivity contribution in [3.63, 3.8) is 0 Å². The van der Waals surface area contributed by atoms with E-state index in [9.17, 15) is 0 Å². The highest BCUT2D eigenvalue weighted by atomic mass is 32.2. The van der Waals surface area contributed by atoms with Gasteiger partial charge in [0.1, 0.15) is 0 Å². The Morgan fingerprint density at radius 1 is 0.733 bits per heavy atom. The standard InChI is InChI=1S/C25H30N4S/c1-16-21(17-8-12-19(13-9-17)24(2,3)4)28-29-22(26-27-23(29)30-16)18-10-14-20(15-11-18)25(5,6)7/h8-16H,1-7H3/t16-/m0/s1. The fourth-order valence-electron chi connectivity index (χ4n) is 3.56. The maximum absolute atomic E-state index is 4.98. The molecule has 4 nitrogen and oxygen atoms in total. The van der Waals surface area contributed by atoms with Crippen molar-refractivity contribution in [3.05, 3.63) is 65.2 Å². The molecule has 1 aliphatic rings. The Morgan fingerprint density at radius 2 is 1.23 bits per heavy atom. The molecule has 1 aliphatic heterocycles. The van der Waals surface area contributed by atoms with Crippen molar-refractivity contribution in [2.75, 3.05) is 0 Å². The predicted octanol–water partition coefficient (Wildman–Crippen LogP) is 6.29. The van der Waals surface area contributed by atoms with Crippen LogP contribution in [0.1, 0.15) is 65.2 Å². The summed E-state index contributed by atoms with van der Waals surface area (Å²) in [5.74, 6) is 0.786. The molecule has 0 amide bonds. The van der Waals surface area contributed by atoms with E-state index in [2.05, 4.69) is 107 Å². The number of fused-ring (bicyclic) bond motifs is 1. The summed E-state index contributed by atoms with van der Waals surface area (Å²) < 4.78 is 1.89. The van der Waals surface area contributed by atoms with Crippen LogP contribution in [0.3, 0.4) is 0 Å². The molecule has 0 fully saturated rings. The summed E-state index contributed by atoms with van der Waals surface area (Å²) in [5, 5.41) is 14.9. The Labute approximate surface area is 183 Å². The minimum atomic E-state index is 0.124. The van der Waals surface area contributed by atoms with Gasteiger partial charge in [0.2, 0.25) is 5.16 Å². The molecule has 156 valence electrons. The van der Waals surface area contributed by atoms with Gasteiger partial charge in [0.15, 0.2) is 5.82 Å². The smallest absolute Gasteiger partial charge is 0.187 e. The van der Waals surface area contributed by atoms with E-state index in [0.29, 0.717) is 0 Å². The minimum absolute atomic E-state index is 0.124. The van der Waals surface area contributed by atoms with Crippen molar-refractivity contribution in [1.29, 1.82) is 0 Å². The first-order valence-electron chi connectivity index (χ1n) is 10.5. The average Bonchev–Trinajstić information content (AvgIpc) is 3.09. The van der Waals surface area contributed by atoms with Gasteiger partial charge in [-0.05, 0) is 34.4 Å². The molecule has 1 aromatic heterocycles. The average molecular weight is 419 g/mol. The summed E-state index contributed by atoms with van der Waals surface area (Å²) in [6.07, 6.45) is 0. The number of nitrogens with zero attached hydrogens (tertiary/aromatic N) is 4. The van der Waals surface area contributed by atoms with Crippen molar-refractivity contribution in [3.8, 4) is 11.4 Å². The van der Waals surface area contributed by atoms with E-state index in [4.69, 9.17) is 5.10 Å². The second-order valence-corrected chi connectivity index (χ2v) is 11.3. The number of hydrogen-bond donors (Lipinski definition) is 0. The van der Waals surface area contributed by atoms with Gasteiger partial charge in [-0.25, -0.2) is 0 Å². The molecule has 2 aromatic carbocycles. The van der Waals surface area contributed by atoms with Crippen LogP contribution in [0.2, 0.25) is 0 Å². The Bertz CT molecular complexity index is 1080. The van der Waals surface area contributed by atoms with Crippen LogP contribution in [0.5, 0.6) is 0 Å². The van der Waals surface area contributed by atoms with Crippen LogP contribution in [0.25, 0.3) is 11.4 Å².